The first-order valence-corrected chi connectivity index (χ1v) is 8.73. The van der Waals surface area contributed by atoms with Gasteiger partial charge in [-0.2, -0.15) is 0 Å². The summed E-state index contributed by atoms with van der Waals surface area (Å²) in [6, 6.07) is 0.506. The van der Waals surface area contributed by atoms with Gasteiger partial charge < -0.3 is 20.5 Å². The highest BCUT2D eigenvalue weighted by Gasteiger charge is 2.34. The van der Waals surface area contributed by atoms with Crippen molar-refractivity contribution >= 4 is 12.1 Å². The van der Waals surface area contributed by atoms with Crippen LogP contribution in [0.2, 0.25) is 0 Å². The Morgan fingerprint density at radius 1 is 1.04 bits per heavy atom. The summed E-state index contributed by atoms with van der Waals surface area (Å²) >= 11 is 0. The zero-order valence-electron chi connectivity index (χ0n) is 14.4. The second-order valence-corrected chi connectivity index (χ2v) is 7.86. The SMILES string of the molecule is CC(C)(C)OC(=O)NC1CCCC1NC1CCCC(C(=O)O)C1. The topological polar surface area (TPSA) is 87.7 Å². The third-order valence-corrected chi connectivity index (χ3v) is 4.69. The minimum absolute atomic E-state index is 0.0649. The number of amides is 1. The molecule has 0 bridgehead atoms. The van der Waals surface area contributed by atoms with Gasteiger partial charge >= 0.3 is 12.1 Å². The normalized spacial score (nSPS) is 31.6. The van der Waals surface area contributed by atoms with Crippen LogP contribution in [-0.2, 0) is 9.53 Å². The molecule has 3 N–H and O–H groups in total. The largest absolute Gasteiger partial charge is 0.481 e. The van der Waals surface area contributed by atoms with Crippen molar-refractivity contribution < 1.29 is 19.4 Å². The van der Waals surface area contributed by atoms with E-state index < -0.39 is 11.6 Å². The Labute approximate surface area is 138 Å². The van der Waals surface area contributed by atoms with Crippen LogP contribution in [0.5, 0.6) is 0 Å². The number of alkyl carbamates (subject to hydrolysis) is 1. The van der Waals surface area contributed by atoms with E-state index >= 15 is 0 Å². The van der Waals surface area contributed by atoms with E-state index in [4.69, 9.17) is 4.74 Å². The van der Waals surface area contributed by atoms with Gasteiger partial charge in [0.1, 0.15) is 5.60 Å². The predicted molar refractivity (Wildman–Crippen MR) is 87.3 cm³/mol. The molecule has 6 nitrogen and oxygen atoms in total. The van der Waals surface area contributed by atoms with Crippen molar-refractivity contribution in [2.75, 3.05) is 0 Å². The molecule has 2 saturated carbocycles. The lowest BCUT2D eigenvalue weighted by molar-refractivity contribution is -0.143. The summed E-state index contributed by atoms with van der Waals surface area (Å²) in [6.45, 7) is 5.56. The minimum atomic E-state index is -0.689. The standard InChI is InChI=1S/C17H30N2O4/c1-17(2,3)23-16(22)19-14-9-5-8-13(14)18-12-7-4-6-11(10-12)15(20)21/h11-14,18H,4-10H2,1-3H3,(H,19,22)(H,20,21). The lowest BCUT2D eigenvalue weighted by Crippen LogP contribution is -2.51. The van der Waals surface area contributed by atoms with E-state index in [0.29, 0.717) is 6.42 Å². The van der Waals surface area contributed by atoms with Crippen LogP contribution in [0.3, 0.4) is 0 Å². The fourth-order valence-corrected chi connectivity index (χ4v) is 3.66. The van der Waals surface area contributed by atoms with Gasteiger partial charge in [0, 0.05) is 18.1 Å². The Bertz CT molecular complexity index is 433. The molecular formula is C17H30N2O4. The smallest absolute Gasteiger partial charge is 0.407 e. The molecule has 2 fully saturated rings. The summed E-state index contributed by atoms with van der Waals surface area (Å²) in [4.78, 5) is 23.1. The van der Waals surface area contributed by atoms with Gasteiger partial charge in [0.15, 0.2) is 0 Å². The molecule has 0 radical (unpaired) electrons. The van der Waals surface area contributed by atoms with E-state index in [2.05, 4.69) is 10.6 Å². The Balaban J connectivity index is 1.84. The summed E-state index contributed by atoms with van der Waals surface area (Å²) in [7, 11) is 0. The lowest BCUT2D eigenvalue weighted by atomic mass is 9.85. The first-order chi connectivity index (χ1) is 10.7. The van der Waals surface area contributed by atoms with Crippen molar-refractivity contribution in [3.8, 4) is 0 Å². The molecule has 0 aliphatic heterocycles. The maximum absolute atomic E-state index is 12.0. The maximum Gasteiger partial charge on any atom is 0.407 e. The number of carboxylic acids is 1. The van der Waals surface area contributed by atoms with Gasteiger partial charge in [0.2, 0.25) is 0 Å². The van der Waals surface area contributed by atoms with Crippen LogP contribution in [0.15, 0.2) is 0 Å². The molecule has 1 amide bonds. The fraction of sp³-hybridized carbons (Fsp3) is 0.882. The number of ether oxygens (including phenoxy) is 1. The molecule has 0 aromatic heterocycles. The molecule has 4 unspecified atom stereocenters. The predicted octanol–water partition coefficient (Wildman–Crippen LogP) is 2.67. The molecule has 4 atom stereocenters. The molecule has 23 heavy (non-hydrogen) atoms. The summed E-state index contributed by atoms with van der Waals surface area (Å²) in [5, 5.41) is 15.8. The molecule has 0 heterocycles. The van der Waals surface area contributed by atoms with E-state index in [1.807, 2.05) is 20.8 Å². The van der Waals surface area contributed by atoms with Gasteiger partial charge in [-0.05, 0) is 59.3 Å². The molecule has 0 saturated heterocycles. The van der Waals surface area contributed by atoms with Gasteiger partial charge in [0.25, 0.3) is 0 Å². The van der Waals surface area contributed by atoms with E-state index in [1.54, 1.807) is 0 Å². The van der Waals surface area contributed by atoms with Crippen LogP contribution in [0.1, 0.15) is 65.7 Å². The number of aliphatic carboxylic acids is 1. The molecule has 0 aromatic rings. The summed E-state index contributed by atoms with van der Waals surface area (Å²) in [5.74, 6) is -0.925. The van der Waals surface area contributed by atoms with Crippen molar-refractivity contribution in [2.24, 2.45) is 5.92 Å². The summed E-state index contributed by atoms with van der Waals surface area (Å²) in [5.41, 5.74) is -0.496. The van der Waals surface area contributed by atoms with Gasteiger partial charge in [0.05, 0.1) is 5.92 Å². The number of rotatable bonds is 4. The van der Waals surface area contributed by atoms with Crippen LogP contribution < -0.4 is 10.6 Å². The molecule has 132 valence electrons. The first kappa shape index (κ1) is 18.0. The minimum Gasteiger partial charge on any atom is -0.481 e. The Morgan fingerprint density at radius 2 is 1.70 bits per heavy atom. The zero-order chi connectivity index (χ0) is 17.0. The lowest BCUT2D eigenvalue weighted by Gasteiger charge is -2.32. The van der Waals surface area contributed by atoms with E-state index in [1.165, 1.54) is 0 Å². The average molecular weight is 326 g/mol. The number of hydrogen-bond acceptors (Lipinski definition) is 4. The van der Waals surface area contributed by atoms with Gasteiger partial charge in [-0.15, -0.1) is 0 Å². The third kappa shape index (κ3) is 5.68. The van der Waals surface area contributed by atoms with Gasteiger partial charge in [-0.3, -0.25) is 4.79 Å². The highest BCUT2D eigenvalue weighted by atomic mass is 16.6. The number of carbonyl (C=O) groups excluding carboxylic acids is 1. The second-order valence-electron chi connectivity index (χ2n) is 7.86. The van der Waals surface area contributed by atoms with E-state index in [-0.39, 0.29) is 30.1 Å². The zero-order valence-corrected chi connectivity index (χ0v) is 14.4. The molecular weight excluding hydrogens is 296 g/mol. The Kier molecular flexibility index (Phi) is 5.89. The second kappa shape index (κ2) is 7.51. The third-order valence-electron chi connectivity index (χ3n) is 4.69. The van der Waals surface area contributed by atoms with E-state index in [0.717, 1.165) is 38.5 Å². The van der Waals surface area contributed by atoms with Crippen LogP contribution in [0, 0.1) is 5.92 Å². The van der Waals surface area contributed by atoms with Crippen LogP contribution in [0.25, 0.3) is 0 Å². The highest BCUT2D eigenvalue weighted by molar-refractivity contribution is 5.70. The molecule has 6 heteroatoms. The molecule has 0 spiro atoms. The molecule has 0 aromatic carbocycles. The Hall–Kier alpha value is -1.30. The molecule has 2 aliphatic rings. The fourth-order valence-electron chi connectivity index (χ4n) is 3.66. The number of carboxylic acid groups (broad SMARTS) is 1. The van der Waals surface area contributed by atoms with E-state index in [9.17, 15) is 14.7 Å². The van der Waals surface area contributed by atoms with Crippen molar-refractivity contribution in [1.82, 2.24) is 10.6 Å². The highest BCUT2D eigenvalue weighted by Crippen LogP contribution is 2.27. The number of hydrogen-bond donors (Lipinski definition) is 3. The van der Waals surface area contributed by atoms with Crippen molar-refractivity contribution in [2.45, 2.75) is 89.4 Å². The Morgan fingerprint density at radius 3 is 2.35 bits per heavy atom. The van der Waals surface area contributed by atoms with Crippen molar-refractivity contribution in [3.05, 3.63) is 0 Å². The van der Waals surface area contributed by atoms with Gasteiger partial charge in [-0.25, -0.2) is 4.79 Å². The monoisotopic (exact) mass is 326 g/mol. The van der Waals surface area contributed by atoms with Crippen molar-refractivity contribution in [1.29, 1.82) is 0 Å². The van der Waals surface area contributed by atoms with Crippen LogP contribution >= 0.6 is 0 Å². The maximum atomic E-state index is 12.0. The average Bonchev–Trinajstić information content (AvgIpc) is 2.84. The van der Waals surface area contributed by atoms with Crippen LogP contribution in [0.4, 0.5) is 4.79 Å². The quantitative estimate of drug-likeness (QED) is 0.739. The van der Waals surface area contributed by atoms with Crippen LogP contribution in [-0.4, -0.2) is 40.9 Å². The van der Waals surface area contributed by atoms with Gasteiger partial charge in [-0.1, -0.05) is 6.42 Å². The van der Waals surface area contributed by atoms with Crippen molar-refractivity contribution in [3.63, 3.8) is 0 Å². The molecule has 2 aliphatic carbocycles. The first-order valence-electron chi connectivity index (χ1n) is 8.73. The summed E-state index contributed by atoms with van der Waals surface area (Å²) < 4.78 is 5.33. The molecule has 2 rings (SSSR count). The summed E-state index contributed by atoms with van der Waals surface area (Å²) in [6.07, 6.45) is 6.06. The number of nitrogens with one attached hydrogen (secondary N) is 2. The number of carbonyl (C=O) groups is 2.